The maximum absolute atomic E-state index is 13.8. The number of rotatable bonds is 6. The molecule has 0 unspecified atom stereocenters. The summed E-state index contributed by atoms with van der Waals surface area (Å²) in [7, 11) is 1.68. The number of anilines is 2. The van der Waals surface area contributed by atoms with Crippen LogP contribution in [-0.4, -0.2) is 24.5 Å². The number of fused-ring (bicyclic) bond motifs is 1. The minimum Gasteiger partial charge on any atom is -0.457 e. The number of alkyl halides is 6. The molecule has 0 aliphatic heterocycles. The van der Waals surface area contributed by atoms with Crippen molar-refractivity contribution in [2.75, 3.05) is 5.32 Å². The van der Waals surface area contributed by atoms with E-state index in [1.165, 1.54) is 30.5 Å². The lowest BCUT2D eigenvalue weighted by Gasteiger charge is -2.12. The van der Waals surface area contributed by atoms with E-state index in [0.29, 0.717) is 22.3 Å². The summed E-state index contributed by atoms with van der Waals surface area (Å²) in [5.41, 5.74) is -0.568. The Bertz CT molecular complexity index is 1980. The first-order valence-electron chi connectivity index (χ1n) is 12.8. The number of aryl methyl sites for hydroxylation is 1. The summed E-state index contributed by atoms with van der Waals surface area (Å²) in [4.78, 5) is 15.2. The van der Waals surface area contributed by atoms with E-state index < -0.39 is 23.6 Å². The highest BCUT2D eigenvalue weighted by Crippen LogP contribution is 2.38. The number of H-pyrrole nitrogens is 1. The number of hydrogen-bond donors (Lipinski definition) is 2. The Hall–Kier alpha value is -5.04. The number of nitrogens with one attached hydrogen (secondary N) is 2. The standard InChI is InChI=1S/C30H19ClF6N6O/c1-43-24-10-8-18(14-22(24)40-28(43)39-21-13-17(29(32,33)34)7-9-20(21)31)44-19-11-12-38-23(15-19)27-41-25(16-5-3-2-4-6-16)26(42-27)30(35,36)37/h2-15H,1H3,(H,39,40)(H,41,42). The van der Waals surface area contributed by atoms with E-state index in [0.717, 1.165) is 18.2 Å². The predicted octanol–water partition coefficient (Wildman–Crippen LogP) is 9.25. The van der Waals surface area contributed by atoms with Gasteiger partial charge < -0.3 is 19.6 Å². The van der Waals surface area contributed by atoms with Crippen molar-refractivity contribution >= 4 is 34.3 Å². The van der Waals surface area contributed by atoms with Gasteiger partial charge in [-0.1, -0.05) is 41.9 Å². The summed E-state index contributed by atoms with van der Waals surface area (Å²) in [5, 5.41) is 2.93. The highest BCUT2D eigenvalue weighted by molar-refractivity contribution is 6.33. The summed E-state index contributed by atoms with van der Waals surface area (Å²) in [5.74, 6) is 0.755. The Morgan fingerprint density at radius 3 is 2.32 bits per heavy atom. The molecule has 6 aromatic rings. The zero-order valence-electron chi connectivity index (χ0n) is 22.4. The van der Waals surface area contributed by atoms with Crippen LogP contribution in [0, 0.1) is 0 Å². The summed E-state index contributed by atoms with van der Waals surface area (Å²) in [6.45, 7) is 0. The van der Waals surface area contributed by atoms with Gasteiger partial charge in [0.1, 0.15) is 28.6 Å². The number of benzene rings is 3. The van der Waals surface area contributed by atoms with Crippen molar-refractivity contribution in [1.29, 1.82) is 0 Å². The topological polar surface area (TPSA) is 80.7 Å². The smallest absolute Gasteiger partial charge is 0.433 e. The van der Waals surface area contributed by atoms with Gasteiger partial charge in [-0.15, -0.1) is 0 Å². The van der Waals surface area contributed by atoms with Crippen molar-refractivity contribution in [3.05, 3.63) is 101 Å². The molecule has 0 aliphatic carbocycles. The fraction of sp³-hybridized carbons (Fsp3) is 0.100. The second-order valence-electron chi connectivity index (χ2n) is 9.61. The number of aromatic nitrogens is 5. The summed E-state index contributed by atoms with van der Waals surface area (Å²) >= 11 is 6.13. The van der Waals surface area contributed by atoms with E-state index in [4.69, 9.17) is 16.3 Å². The number of hydrogen-bond acceptors (Lipinski definition) is 5. The number of pyridine rings is 1. The SMILES string of the molecule is Cn1c(Nc2cc(C(F)(F)F)ccc2Cl)nc2cc(Oc3ccnc(-c4nc(-c5ccccc5)c(C(F)(F)F)[nH]4)c3)ccc21. The third-order valence-electron chi connectivity index (χ3n) is 6.64. The molecule has 0 atom stereocenters. The summed E-state index contributed by atoms with van der Waals surface area (Å²) in [6, 6.07) is 18.9. The Balaban J connectivity index is 1.28. The van der Waals surface area contributed by atoms with Gasteiger partial charge in [-0.3, -0.25) is 4.98 Å². The molecule has 7 nitrogen and oxygen atoms in total. The Morgan fingerprint density at radius 2 is 1.59 bits per heavy atom. The van der Waals surface area contributed by atoms with Crippen molar-refractivity contribution in [3.63, 3.8) is 0 Å². The van der Waals surface area contributed by atoms with Crippen molar-refractivity contribution in [1.82, 2.24) is 24.5 Å². The third-order valence-corrected chi connectivity index (χ3v) is 6.97. The molecular formula is C30H19ClF6N6O. The lowest BCUT2D eigenvalue weighted by molar-refractivity contribution is -0.140. The lowest BCUT2D eigenvalue weighted by atomic mass is 10.1. The molecule has 14 heteroatoms. The normalized spacial score (nSPS) is 12.1. The molecule has 0 amide bonds. The van der Waals surface area contributed by atoms with Crippen molar-refractivity contribution < 1.29 is 31.1 Å². The van der Waals surface area contributed by atoms with Crippen LogP contribution in [-0.2, 0) is 19.4 Å². The first-order valence-corrected chi connectivity index (χ1v) is 13.2. The van der Waals surface area contributed by atoms with Crippen molar-refractivity contribution in [2.45, 2.75) is 12.4 Å². The van der Waals surface area contributed by atoms with Gasteiger partial charge in [-0.05, 0) is 36.4 Å². The third kappa shape index (κ3) is 5.78. The largest absolute Gasteiger partial charge is 0.457 e. The molecule has 0 aliphatic rings. The lowest BCUT2D eigenvalue weighted by Crippen LogP contribution is -2.07. The van der Waals surface area contributed by atoms with Gasteiger partial charge in [0.25, 0.3) is 0 Å². The van der Waals surface area contributed by atoms with Gasteiger partial charge in [-0.25, -0.2) is 9.97 Å². The zero-order chi connectivity index (χ0) is 31.2. The molecular weight excluding hydrogens is 610 g/mol. The molecule has 3 aromatic heterocycles. The molecule has 0 saturated heterocycles. The van der Waals surface area contributed by atoms with Gasteiger partial charge in [-0.2, -0.15) is 26.3 Å². The van der Waals surface area contributed by atoms with Crippen molar-refractivity contribution in [3.8, 4) is 34.3 Å². The van der Waals surface area contributed by atoms with Crippen LogP contribution in [0.3, 0.4) is 0 Å². The Morgan fingerprint density at radius 1 is 0.841 bits per heavy atom. The molecule has 3 heterocycles. The fourth-order valence-electron chi connectivity index (χ4n) is 4.52. The second-order valence-corrected chi connectivity index (χ2v) is 10.0. The molecule has 224 valence electrons. The van der Waals surface area contributed by atoms with Gasteiger partial charge in [0.05, 0.1) is 27.3 Å². The summed E-state index contributed by atoms with van der Waals surface area (Å²) in [6.07, 6.45) is -7.85. The first kappa shape index (κ1) is 29.1. The average Bonchev–Trinajstić information content (AvgIpc) is 3.56. The monoisotopic (exact) mass is 628 g/mol. The minimum atomic E-state index is -4.68. The Kier molecular flexibility index (Phi) is 7.20. The van der Waals surface area contributed by atoms with Gasteiger partial charge in [0.15, 0.2) is 5.82 Å². The van der Waals surface area contributed by atoms with Crippen LogP contribution in [0.5, 0.6) is 11.5 Å². The molecule has 0 saturated carbocycles. The zero-order valence-corrected chi connectivity index (χ0v) is 23.2. The van der Waals surface area contributed by atoms with E-state index in [9.17, 15) is 26.3 Å². The maximum atomic E-state index is 13.8. The van der Waals surface area contributed by atoms with Crippen LogP contribution in [0.25, 0.3) is 33.8 Å². The molecule has 44 heavy (non-hydrogen) atoms. The number of nitrogens with zero attached hydrogens (tertiary/aromatic N) is 4. The van der Waals surface area contributed by atoms with E-state index in [1.807, 2.05) is 0 Å². The van der Waals surface area contributed by atoms with Crippen LogP contribution < -0.4 is 10.1 Å². The average molecular weight is 629 g/mol. The molecule has 0 bridgehead atoms. The highest BCUT2D eigenvalue weighted by atomic mass is 35.5. The summed E-state index contributed by atoms with van der Waals surface area (Å²) < 4.78 is 88.7. The van der Waals surface area contributed by atoms with Crippen molar-refractivity contribution in [2.24, 2.45) is 7.05 Å². The fourth-order valence-corrected chi connectivity index (χ4v) is 4.68. The number of halogens is 7. The van der Waals surface area contributed by atoms with E-state index in [-0.39, 0.29) is 39.6 Å². The van der Waals surface area contributed by atoms with E-state index >= 15 is 0 Å². The molecule has 6 rings (SSSR count). The van der Waals surface area contributed by atoms with Gasteiger partial charge >= 0.3 is 12.4 Å². The van der Waals surface area contributed by atoms with Crippen LogP contribution in [0.1, 0.15) is 11.3 Å². The van der Waals surface area contributed by atoms with Crippen LogP contribution in [0.4, 0.5) is 38.0 Å². The quantitative estimate of drug-likeness (QED) is 0.180. The predicted molar refractivity (Wildman–Crippen MR) is 153 cm³/mol. The highest BCUT2D eigenvalue weighted by Gasteiger charge is 2.37. The van der Waals surface area contributed by atoms with Gasteiger partial charge in [0.2, 0.25) is 5.95 Å². The van der Waals surface area contributed by atoms with Crippen LogP contribution in [0.2, 0.25) is 5.02 Å². The molecule has 0 spiro atoms. The van der Waals surface area contributed by atoms with Crippen LogP contribution >= 0.6 is 11.6 Å². The molecule has 0 radical (unpaired) electrons. The number of aromatic amines is 1. The Labute approximate surface area is 250 Å². The van der Waals surface area contributed by atoms with E-state index in [1.54, 1.807) is 48.0 Å². The van der Waals surface area contributed by atoms with Gasteiger partial charge in [0, 0.05) is 30.9 Å². The maximum Gasteiger partial charge on any atom is 0.433 e. The molecule has 3 aromatic carbocycles. The minimum absolute atomic E-state index is 0.0303. The van der Waals surface area contributed by atoms with Crippen LogP contribution in [0.15, 0.2) is 85.1 Å². The molecule has 2 N–H and O–H groups in total. The van der Waals surface area contributed by atoms with E-state index in [2.05, 4.69) is 25.3 Å². The second kappa shape index (κ2) is 10.9. The first-order chi connectivity index (χ1) is 20.9. The number of imidazole rings is 2. The number of ether oxygens (including phenoxy) is 1. The molecule has 0 fully saturated rings.